The average molecular weight is 180 g/mol. The van der Waals surface area contributed by atoms with Crippen LogP contribution >= 0.6 is 11.6 Å². The van der Waals surface area contributed by atoms with Crippen molar-refractivity contribution in [3.8, 4) is 0 Å². The molecule has 1 saturated carbocycles. The molecule has 0 aromatic heterocycles. The molecule has 0 spiro atoms. The summed E-state index contributed by atoms with van der Waals surface area (Å²) in [5.41, 5.74) is 1.42. The van der Waals surface area contributed by atoms with Gasteiger partial charge in [0, 0.05) is 5.02 Å². The number of rotatable bonds is 2. The number of hydrogen-bond donors (Lipinski definition) is 0. The van der Waals surface area contributed by atoms with Gasteiger partial charge < -0.3 is 0 Å². The van der Waals surface area contributed by atoms with E-state index in [1.165, 1.54) is 12.0 Å². The molecular formula is C11H12Cl. The van der Waals surface area contributed by atoms with Crippen molar-refractivity contribution in [3.05, 3.63) is 41.8 Å². The van der Waals surface area contributed by atoms with Gasteiger partial charge in [-0.1, -0.05) is 30.7 Å². The first-order chi connectivity index (χ1) is 5.81. The SMILES string of the molecule is [CH2]CC1CC1c1ccc(Cl)cc1. The van der Waals surface area contributed by atoms with E-state index >= 15 is 0 Å². The van der Waals surface area contributed by atoms with Crippen molar-refractivity contribution in [2.75, 3.05) is 0 Å². The molecule has 2 rings (SSSR count). The molecule has 1 fully saturated rings. The van der Waals surface area contributed by atoms with E-state index in [-0.39, 0.29) is 0 Å². The average Bonchev–Trinajstić information content (AvgIpc) is 2.85. The summed E-state index contributed by atoms with van der Waals surface area (Å²) in [6.45, 7) is 3.91. The van der Waals surface area contributed by atoms with E-state index in [4.69, 9.17) is 11.6 Å². The zero-order valence-corrected chi connectivity index (χ0v) is 7.72. The lowest BCUT2D eigenvalue weighted by molar-refractivity contribution is 0.817. The van der Waals surface area contributed by atoms with Crippen LogP contribution < -0.4 is 0 Å². The predicted octanol–water partition coefficient (Wildman–Crippen LogP) is 3.67. The molecule has 1 aromatic rings. The fourth-order valence-electron chi connectivity index (χ4n) is 1.68. The molecule has 0 amide bonds. The summed E-state index contributed by atoms with van der Waals surface area (Å²) in [4.78, 5) is 0. The van der Waals surface area contributed by atoms with Crippen LogP contribution in [0.2, 0.25) is 5.02 Å². The van der Waals surface area contributed by atoms with Gasteiger partial charge in [0.25, 0.3) is 0 Å². The second-order valence-corrected chi connectivity index (χ2v) is 3.88. The van der Waals surface area contributed by atoms with Crippen LogP contribution in [0.25, 0.3) is 0 Å². The van der Waals surface area contributed by atoms with Crippen LogP contribution in [0.4, 0.5) is 0 Å². The minimum absolute atomic E-state index is 0.764. The highest BCUT2D eigenvalue weighted by Gasteiger charge is 2.36. The van der Waals surface area contributed by atoms with Crippen LogP contribution in [0.3, 0.4) is 0 Å². The van der Waals surface area contributed by atoms with Gasteiger partial charge in [-0.3, -0.25) is 0 Å². The van der Waals surface area contributed by atoms with Gasteiger partial charge in [-0.2, -0.15) is 0 Å². The van der Waals surface area contributed by atoms with E-state index in [2.05, 4.69) is 19.1 Å². The van der Waals surface area contributed by atoms with E-state index < -0.39 is 0 Å². The van der Waals surface area contributed by atoms with Crippen molar-refractivity contribution in [2.24, 2.45) is 5.92 Å². The Labute approximate surface area is 78.6 Å². The van der Waals surface area contributed by atoms with Gasteiger partial charge in [-0.05, 0) is 42.4 Å². The van der Waals surface area contributed by atoms with Crippen molar-refractivity contribution in [1.82, 2.24) is 0 Å². The van der Waals surface area contributed by atoms with Crippen LogP contribution in [0.15, 0.2) is 24.3 Å². The maximum atomic E-state index is 5.79. The Morgan fingerprint density at radius 2 is 2.00 bits per heavy atom. The van der Waals surface area contributed by atoms with Gasteiger partial charge in [0.05, 0.1) is 0 Å². The summed E-state index contributed by atoms with van der Waals surface area (Å²) in [7, 11) is 0. The van der Waals surface area contributed by atoms with Crippen molar-refractivity contribution in [3.63, 3.8) is 0 Å². The molecule has 1 aromatic carbocycles. The summed E-state index contributed by atoms with van der Waals surface area (Å²) in [6, 6.07) is 8.19. The fourth-order valence-corrected chi connectivity index (χ4v) is 1.81. The van der Waals surface area contributed by atoms with Crippen LogP contribution in [0, 0.1) is 12.8 Å². The van der Waals surface area contributed by atoms with E-state index in [1.54, 1.807) is 0 Å². The van der Waals surface area contributed by atoms with Crippen molar-refractivity contribution >= 4 is 11.6 Å². The van der Waals surface area contributed by atoms with Gasteiger partial charge in [0.1, 0.15) is 0 Å². The Morgan fingerprint density at radius 1 is 1.33 bits per heavy atom. The van der Waals surface area contributed by atoms with Crippen LogP contribution in [0.1, 0.15) is 24.3 Å². The smallest absolute Gasteiger partial charge is 0.0406 e. The Kier molecular flexibility index (Phi) is 2.10. The van der Waals surface area contributed by atoms with E-state index in [9.17, 15) is 0 Å². The Bertz CT molecular complexity index is 263. The normalized spacial score (nSPS) is 27.2. The maximum Gasteiger partial charge on any atom is 0.0406 e. The monoisotopic (exact) mass is 179 g/mol. The highest BCUT2D eigenvalue weighted by molar-refractivity contribution is 6.30. The lowest BCUT2D eigenvalue weighted by atomic mass is 10.1. The minimum Gasteiger partial charge on any atom is -0.0843 e. The zero-order chi connectivity index (χ0) is 8.55. The molecule has 0 nitrogen and oxygen atoms in total. The van der Waals surface area contributed by atoms with E-state index in [0.717, 1.165) is 23.3 Å². The van der Waals surface area contributed by atoms with Gasteiger partial charge in [0.2, 0.25) is 0 Å². The Morgan fingerprint density at radius 3 is 2.50 bits per heavy atom. The number of hydrogen-bond acceptors (Lipinski definition) is 0. The lowest BCUT2D eigenvalue weighted by Gasteiger charge is -1.98. The Balaban J connectivity index is 2.10. The first-order valence-electron chi connectivity index (χ1n) is 4.36. The third kappa shape index (κ3) is 1.49. The topological polar surface area (TPSA) is 0 Å². The molecule has 0 heterocycles. The number of benzene rings is 1. The maximum absolute atomic E-state index is 5.79. The van der Waals surface area contributed by atoms with Crippen molar-refractivity contribution in [2.45, 2.75) is 18.8 Å². The molecule has 1 aliphatic carbocycles. The number of halogens is 1. The zero-order valence-electron chi connectivity index (χ0n) is 6.96. The minimum atomic E-state index is 0.764. The van der Waals surface area contributed by atoms with Crippen molar-refractivity contribution in [1.29, 1.82) is 0 Å². The molecule has 12 heavy (non-hydrogen) atoms. The predicted molar refractivity (Wildman–Crippen MR) is 52.3 cm³/mol. The van der Waals surface area contributed by atoms with Crippen LogP contribution in [0.5, 0.6) is 0 Å². The molecule has 0 N–H and O–H groups in total. The van der Waals surface area contributed by atoms with Gasteiger partial charge in [-0.15, -0.1) is 0 Å². The van der Waals surface area contributed by atoms with Crippen molar-refractivity contribution < 1.29 is 0 Å². The molecule has 63 valence electrons. The summed E-state index contributed by atoms with van der Waals surface area (Å²) >= 11 is 5.79. The van der Waals surface area contributed by atoms with Crippen LogP contribution in [-0.2, 0) is 0 Å². The highest BCUT2D eigenvalue weighted by atomic mass is 35.5. The molecule has 1 radical (unpaired) electrons. The fraction of sp³-hybridized carbons (Fsp3) is 0.364. The molecule has 1 aliphatic rings. The molecular weight excluding hydrogens is 168 g/mol. The van der Waals surface area contributed by atoms with E-state index in [0.29, 0.717) is 0 Å². The van der Waals surface area contributed by atoms with Gasteiger partial charge >= 0.3 is 0 Å². The Hall–Kier alpha value is -0.490. The first-order valence-corrected chi connectivity index (χ1v) is 4.74. The summed E-state index contributed by atoms with van der Waals surface area (Å²) in [5, 5.41) is 0.825. The lowest BCUT2D eigenvalue weighted by Crippen LogP contribution is -1.81. The molecule has 1 heteroatoms. The quantitative estimate of drug-likeness (QED) is 0.650. The molecule has 2 atom stereocenters. The highest BCUT2D eigenvalue weighted by Crippen LogP contribution is 2.49. The third-order valence-corrected chi connectivity index (χ3v) is 2.84. The third-order valence-electron chi connectivity index (χ3n) is 2.59. The molecule has 0 aliphatic heterocycles. The first kappa shape index (κ1) is 8.12. The second kappa shape index (κ2) is 3.10. The molecule has 0 bridgehead atoms. The summed E-state index contributed by atoms with van der Waals surface area (Å²) < 4.78 is 0. The van der Waals surface area contributed by atoms with Gasteiger partial charge in [0.15, 0.2) is 0 Å². The van der Waals surface area contributed by atoms with Crippen LogP contribution in [-0.4, -0.2) is 0 Å². The van der Waals surface area contributed by atoms with Gasteiger partial charge in [-0.25, -0.2) is 0 Å². The molecule has 0 saturated heterocycles. The standard InChI is InChI=1S/C11H12Cl/c1-2-8-7-11(8)9-3-5-10(12)6-4-9/h3-6,8,11H,1-2,7H2. The van der Waals surface area contributed by atoms with E-state index in [1.807, 2.05) is 12.1 Å². The largest absolute Gasteiger partial charge is 0.0843 e. The summed E-state index contributed by atoms with van der Waals surface area (Å²) in [6.07, 6.45) is 2.37. The molecule has 2 unspecified atom stereocenters. The second-order valence-electron chi connectivity index (χ2n) is 3.44. The summed E-state index contributed by atoms with van der Waals surface area (Å²) in [5.74, 6) is 1.59.